The van der Waals surface area contributed by atoms with Crippen LogP contribution in [0.2, 0.25) is 0 Å². The number of rotatable bonds is 6. The Morgan fingerprint density at radius 3 is 2.54 bits per heavy atom. The smallest absolute Gasteiger partial charge is 0.263 e. The fourth-order valence-electron chi connectivity index (χ4n) is 2.90. The van der Waals surface area contributed by atoms with Crippen molar-refractivity contribution in [2.75, 3.05) is 30.3 Å². The molecule has 1 heterocycles. The molecule has 0 bridgehead atoms. The van der Waals surface area contributed by atoms with Gasteiger partial charge in [0.25, 0.3) is 5.91 Å². The summed E-state index contributed by atoms with van der Waals surface area (Å²) in [6.07, 6.45) is 0.193. The zero-order chi connectivity index (χ0) is 20.3. The number of carbonyl (C=O) groups excluding carboxylic acids is 1. The number of anilines is 1. The third kappa shape index (κ3) is 4.75. The maximum atomic E-state index is 12.5. The van der Waals surface area contributed by atoms with Gasteiger partial charge in [-0.05, 0) is 43.7 Å². The number of fused-ring (bicyclic) bond motifs is 1. The van der Waals surface area contributed by atoms with Gasteiger partial charge in [0.2, 0.25) is 10.0 Å². The number of sulfonamides is 1. The highest BCUT2D eigenvalue weighted by Crippen LogP contribution is 2.35. The summed E-state index contributed by atoms with van der Waals surface area (Å²) in [5.74, 6) is 0.715. The number of ether oxygens (including phenoxy) is 2. The van der Waals surface area contributed by atoms with Gasteiger partial charge in [-0.3, -0.25) is 9.10 Å². The fraction of sp³-hybridized carbons (Fsp3) is 0.350. The van der Waals surface area contributed by atoms with Crippen LogP contribution in [0.1, 0.15) is 11.1 Å². The molecule has 0 radical (unpaired) electrons. The van der Waals surface area contributed by atoms with Crippen molar-refractivity contribution in [1.29, 1.82) is 0 Å². The predicted octanol–water partition coefficient (Wildman–Crippen LogP) is 2.03. The van der Waals surface area contributed by atoms with Crippen molar-refractivity contribution in [3.05, 3.63) is 53.6 Å². The number of aryl methyl sites for hydroxylation is 2. The minimum absolute atomic E-state index is 0.0695. The van der Waals surface area contributed by atoms with E-state index in [-0.39, 0.29) is 19.0 Å². The number of nitrogens with zero attached hydrogens (tertiary/aromatic N) is 1. The van der Waals surface area contributed by atoms with E-state index in [1.165, 1.54) is 4.31 Å². The van der Waals surface area contributed by atoms with E-state index in [1.807, 2.05) is 44.2 Å². The molecule has 8 heteroatoms. The van der Waals surface area contributed by atoms with Gasteiger partial charge in [0.15, 0.2) is 6.10 Å². The van der Waals surface area contributed by atoms with Crippen LogP contribution in [0.15, 0.2) is 42.5 Å². The first-order valence-electron chi connectivity index (χ1n) is 8.96. The van der Waals surface area contributed by atoms with Gasteiger partial charge in [-0.25, -0.2) is 8.42 Å². The van der Waals surface area contributed by atoms with Crippen LogP contribution in [0, 0.1) is 13.8 Å². The molecule has 2 aromatic rings. The summed E-state index contributed by atoms with van der Waals surface area (Å²) in [6.45, 7) is 4.38. The quantitative estimate of drug-likeness (QED) is 0.745. The molecule has 1 unspecified atom stereocenters. The lowest BCUT2D eigenvalue weighted by molar-refractivity contribution is -0.127. The second kappa shape index (κ2) is 8.10. The summed E-state index contributed by atoms with van der Waals surface area (Å²) >= 11 is 0. The highest BCUT2D eigenvalue weighted by Gasteiger charge is 2.34. The molecule has 1 aliphatic heterocycles. The topological polar surface area (TPSA) is 84.9 Å². The lowest BCUT2D eigenvalue weighted by Gasteiger charge is -2.34. The van der Waals surface area contributed by atoms with Gasteiger partial charge in [-0.2, -0.15) is 0 Å². The predicted molar refractivity (Wildman–Crippen MR) is 107 cm³/mol. The van der Waals surface area contributed by atoms with Crippen molar-refractivity contribution in [3.63, 3.8) is 0 Å². The summed E-state index contributed by atoms with van der Waals surface area (Å²) in [6, 6.07) is 12.9. The van der Waals surface area contributed by atoms with Gasteiger partial charge < -0.3 is 14.8 Å². The number of benzene rings is 2. The Hall–Kier alpha value is -2.74. The molecule has 3 rings (SSSR count). The minimum atomic E-state index is -3.54. The van der Waals surface area contributed by atoms with E-state index in [4.69, 9.17) is 9.47 Å². The van der Waals surface area contributed by atoms with Crippen molar-refractivity contribution >= 4 is 21.6 Å². The standard InChI is InChI=1S/C20H24N2O5S/c1-14-4-7-16(8-5-14)26-11-10-21-20(23)19-13-22(28(3,24)25)17-12-15(2)6-9-18(17)27-19/h4-9,12,19H,10-11,13H2,1-3H3,(H,21,23). The molecule has 0 spiro atoms. The Labute approximate surface area is 165 Å². The monoisotopic (exact) mass is 404 g/mol. The largest absolute Gasteiger partial charge is 0.492 e. The van der Waals surface area contributed by atoms with Gasteiger partial charge in [0, 0.05) is 0 Å². The van der Waals surface area contributed by atoms with Crippen molar-refractivity contribution in [1.82, 2.24) is 5.32 Å². The Morgan fingerprint density at radius 1 is 1.18 bits per heavy atom. The van der Waals surface area contributed by atoms with Gasteiger partial charge in [0.1, 0.15) is 18.1 Å². The summed E-state index contributed by atoms with van der Waals surface area (Å²) in [5, 5.41) is 2.74. The van der Waals surface area contributed by atoms with E-state index in [2.05, 4.69) is 5.32 Å². The lowest BCUT2D eigenvalue weighted by Crippen LogP contribution is -2.51. The van der Waals surface area contributed by atoms with Crippen molar-refractivity contribution < 1.29 is 22.7 Å². The maximum Gasteiger partial charge on any atom is 0.263 e. The number of nitrogens with one attached hydrogen (secondary N) is 1. The molecular formula is C20H24N2O5S. The van der Waals surface area contributed by atoms with Gasteiger partial charge in [-0.1, -0.05) is 23.8 Å². The van der Waals surface area contributed by atoms with Crippen molar-refractivity contribution in [3.8, 4) is 11.5 Å². The highest BCUT2D eigenvalue weighted by molar-refractivity contribution is 7.92. The van der Waals surface area contributed by atoms with Crippen LogP contribution in [-0.4, -0.2) is 46.4 Å². The lowest BCUT2D eigenvalue weighted by atomic mass is 10.1. The molecule has 1 atom stereocenters. The molecule has 2 aromatic carbocycles. The summed E-state index contributed by atoms with van der Waals surface area (Å²) < 4.78 is 36.9. The Bertz CT molecular complexity index is 957. The SMILES string of the molecule is Cc1ccc(OCCNC(=O)C2CN(S(C)(=O)=O)c3cc(C)ccc3O2)cc1. The Morgan fingerprint density at radius 2 is 1.86 bits per heavy atom. The highest BCUT2D eigenvalue weighted by atomic mass is 32.2. The van der Waals surface area contributed by atoms with Crippen molar-refractivity contribution in [2.24, 2.45) is 0 Å². The summed E-state index contributed by atoms with van der Waals surface area (Å²) in [7, 11) is -3.54. The number of hydrogen-bond acceptors (Lipinski definition) is 5. The summed E-state index contributed by atoms with van der Waals surface area (Å²) in [5.41, 5.74) is 2.50. The molecule has 28 heavy (non-hydrogen) atoms. The molecule has 1 aliphatic rings. The van der Waals surface area contributed by atoms with Crippen molar-refractivity contribution in [2.45, 2.75) is 20.0 Å². The van der Waals surface area contributed by atoms with Crippen LogP contribution < -0.4 is 19.1 Å². The number of amides is 1. The first kappa shape index (κ1) is 20.0. The fourth-order valence-corrected chi connectivity index (χ4v) is 3.81. The average molecular weight is 404 g/mol. The van der Waals surface area contributed by atoms with Crippen LogP contribution in [-0.2, 0) is 14.8 Å². The molecule has 0 aromatic heterocycles. The van der Waals surface area contributed by atoms with Gasteiger partial charge >= 0.3 is 0 Å². The Balaban J connectivity index is 1.61. The molecule has 0 saturated heterocycles. The third-order valence-corrected chi connectivity index (χ3v) is 5.51. The van der Waals surface area contributed by atoms with E-state index >= 15 is 0 Å². The number of carbonyl (C=O) groups is 1. The van der Waals surface area contributed by atoms with Crippen LogP contribution in [0.3, 0.4) is 0 Å². The maximum absolute atomic E-state index is 12.5. The molecule has 1 amide bonds. The van der Waals surface area contributed by atoms with Crippen LogP contribution >= 0.6 is 0 Å². The van der Waals surface area contributed by atoms with Gasteiger partial charge in [-0.15, -0.1) is 0 Å². The van der Waals surface area contributed by atoms with Gasteiger partial charge in [0.05, 0.1) is 25.0 Å². The van der Waals surface area contributed by atoms with Crippen LogP contribution in [0.4, 0.5) is 5.69 Å². The molecule has 1 N–H and O–H groups in total. The minimum Gasteiger partial charge on any atom is -0.492 e. The first-order chi connectivity index (χ1) is 13.2. The first-order valence-corrected chi connectivity index (χ1v) is 10.8. The normalized spacial score (nSPS) is 16.1. The average Bonchev–Trinajstić information content (AvgIpc) is 2.64. The van der Waals surface area contributed by atoms with E-state index in [0.29, 0.717) is 18.0 Å². The van der Waals surface area contributed by atoms with E-state index < -0.39 is 16.1 Å². The molecule has 150 valence electrons. The summed E-state index contributed by atoms with van der Waals surface area (Å²) in [4.78, 5) is 12.5. The van der Waals surface area contributed by atoms with E-state index in [9.17, 15) is 13.2 Å². The second-order valence-corrected chi connectivity index (χ2v) is 8.73. The molecule has 7 nitrogen and oxygen atoms in total. The van der Waals surface area contributed by atoms with E-state index in [0.717, 1.165) is 23.1 Å². The third-order valence-electron chi connectivity index (χ3n) is 4.37. The van der Waals surface area contributed by atoms with E-state index in [1.54, 1.807) is 12.1 Å². The van der Waals surface area contributed by atoms with Crippen LogP contribution in [0.5, 0.6) is 11.5 Å². The molecular weight excluding hydrogens is 380 g/mol. The van der Waals surface area contributed by atoms with Crippen LogP contribution in [0.25, 0.3) is 0 Å². The zero-order valence-electron chi connectivity index (χ0n) is 16.1. The Kier molecular flexibility index (Phi) is 5.79. The second-order valence-electron chi connectivity index (χ2n) is 6.82. The zero-order valence-corrected chi connectivity index (χ0v) is 17.0. The number of hydrogen-bond donors (Lipinski definition) is 1. The molecule has 0 aliphatic carbocycles. The molecule has 0 fully saturated rings. The molecule has 0 saturated carbocycles.